The third kappa shape index (κ3) is 2.42. The van der Waals surface area contributed by atoms with E-state index in [4.69, 9.17) is 10.5 Å². The topological polar surface area (TPSA) is 66.0 Å². The quantitative estimate of drug-likeness (QED) is 0.799. The zero-order chi connectivity index (χ0) is 14.8. The summed E-state index contributed by atoms with van der Waals surface area (Å²) in [7, 11) is 1.60. The van der Waals surface area contributed by atoms with Gasteiger partial charge in [0.2, 0.25) is 11.8 Å². The van der Waals surface area contributed by atoms with Gasteiger partial charge in [-0.25, -0.2) is 4.98 Å². The van der Waals surface area contributed by atoms with E-state index in [2.05, 4.69) is 35.1 Å². The maximum absolute atomic E-state index is 6.06. The fourth-order valence-corrected chi connectivity index (χ4v) is 2.50. The van der Waals surface area contributed by atoms with Crippen LogP contribution in [0.15, 0.2) is 36.4 Å². The number of ether oxygens (including phenoxy) is 1. The summed E-state index contributed by atoms with van der Waals surface area (Å²) in [5.41, 5.74) is 10.1. The molecule has 0 aliphatic heterocycles. The Morgan fingerprint density at radius 3 is 2.57 bits per heavy atom. The number of imidazole rings is 1. The van der Waals surface area contributed by atoms with Crippen LogP contribution in [0.5, 0.6) is 5.88 Å². The first-order valence-corrected chi connectivity index (χ1v) is 6.96. The van der Waals surface area contributed by atoms with Crippen LogP contribution >= 0.6 is 0 Å². The maximum Gasteiger partial charge on any atom is 0.215 e. The van der Waals surface area contributed by atoms with Crippen molar-refractivity contribution in [2.24, 2.45) is 0 Å². The Hall–Kier alpha value is -2.56. The average molecular weight is 282 g/mol. The van der Waals surface area contributed by atoms with Crippen LogP contribution in [0, 0.1) is 0 Å². The van der Waals surface area contributed by atoms with Crippen LogP contribution in [0.2, 0.25) is 0 Å². The molecule has 0 spiro atoms. The van der Waals surface area contributed by atoms with Crippen molar-refractivity contribution < 1.29 is 4.74 Å². The van der Waals surface area contributed by atoms with Gasteiger partial charge in [0.15, 0.2) is 5.65 Å². The highest BCUT2D eigenvalue weighted by Crippen LogP contribution is 2.21. The molecule has 0 saturated carbocycles. The highest BCUT2D eigenvalue weighted by molar-refractivity contribution is 5.75. The van der Waals surface area contributed by atoms with Crippen molar-refractivity contribution in [3.63, 3.8) is 0 Å². The van der Waals surface area contributed by atoms with Crippen LogP contribution in [-0.2, 0) is 13.0 Å². The van der Waals surface area contributed by atoms with Gasteiger partial charge in [0.05, 0.1) is 13.7 Å². The fourth-order valence-electron chi connectivity index (χ4n) is 2.50. The number of methoxy groups -OCH3 is 1. The first-order valence-electron chi connectivity index (χ1n) is 6.96. The van der Waals surface area contributed by atoms with Crippen LogP contribution in [0.3, 0.4) is 0 Å². The molecule has 0 bridgehead atoms. The predicted octanol–water partition coefficient (Wildman–Crippen LogP) is 2.63. The van der Waals surface area contributed by atoms with Crippen LogP contribution in [0.1, 0.15) is 18.1 Å². The number of nitrogens with two attached hydrogens (primary N) is 1. The summed E-state index contributed by atoms with van der Waals surface area (Å²) < 4.78 is 7.11. The number of rotatable bonds is 4. The minimum absolute atomic E-state index is 0.469. The molecule has 2 heterocycles. The minimum Gasteiger partial charge on any atom is -0.481 e. The third-order valence-electron chi connectivity index (χ3n) is 3.63. The molecule has 0 aliphatic carbocycles. The Morgan fingerprint density at radius 2 is 1.86 bits per heavy atom. The summed E-state index contributed by atoms with van der Waals surface area (Å²) in [6.07, 6.45) is 0.986. The summed E-state index contributed by atoms with van der Waals surface area (Å²) in [5, 5.41) is 0. The maximum atomic E-state index is 6.06. The van der Waals surface area contributed by atoms with E-state index < -0.39 is 0 Å². The van der Waals surface area contributed by atoms with Gasteiger partial charge in [-0.1, -0.05) is 31.2 Å². The Labute approximate surface area is 123 Å². The van der Waals surface area contributed by atoms with Crippen molar-refractivity contribution in [2.45, 2.75) is 19.9 Å². The summed E-state index contributed by atoms with van der Waals surface area (Å²) in [4.78, 5) is 8.83. The van der Waals surface area contributed by atoms with Crippen LogP contribution < -0.4 is 10.5 Å². The number of nitrogens with zero attached hydrogens (tertiary/aromatic N) is 3. The van der Waals surface area contributed by atoms with Crippen molar-refractivity contribution in [1.29, 1.82) is 0 Å². The van der Waals surface area contributed by atoms with Gasteiger partial charge in [-0.3, -0.25) is 4.57 Å². The predicted molar refractivity (Wildman–Crippen MR) is 83.4 cm³/mol. The molecule has 0 radical (unpaired) electrons. The van der Waals surface area contributed by atoms with Gasteiger partial charge >= 0.3 is 0 Å². The lowest BCUT2D eigenvalue weighted by molar-refractivity contribution is 0.399. The standard InChI is InChI=1S/C16H18N4O/c1-3-11-6-4-5-7-12(11)10-20-15-13(18-16(20)17)8-9-14(19-15)21-2/h4-9H,3,10H2,1-2H3,(H2,17,18). The van der Waals surface area contributed by atoms with Crippen molar-refractivity contribution in [3.05, 3.63) is 47.5 Å². The molecule has 21 heavy (non-hydrogen) atoms. The first-order chi connectivity index (χ1) is 10.2. The highest BCUT2D eigenvalue weighted by atomic mass is 16.5. The zero-order valence-corrected chi connectivity index (χ0v) is 12.2. The molecule has 2 aromatic heterocycles. The Morgan fingerprint density at radius 1 is 1.10 bits per heavy atom. The summed E-state index contributed by atoms with van der Waals surface area (Å²) in [6, 6.07) is 12.0. The molecule has 0 saturated heterocycles. The fraction of sp³-hybridized carbons (Fsp3) is 0.250. The molecule has 3 aromatic rings. The molecule has 0 atom stereocenters. The van der Waals surface area contributed by atoms with E-state index in [1.54, 1.807) is 13.2 Å². The molecular weight excluding hydrogens is 264 g/mol. The Bertz CT molecular complexity index is 779. The molecule has 5 heteroatoms. The van der Waals surface area contributed by atoms with E-state index in [1.165, 1.54) is 11.1 Å². The highest BCUT2D eigenvalue weighted by Gasteiger charge is 2.12. The van der Waals surface area contributed by atoms with Crippen molar-refractivity contribution >= 4 is 17.1 Å². The first kappa shape index (κ1) is 13.4. The number of fused-ring (bicyclic) bond motifs is 1. The van der Waals surface area contributed by atoms with Crippen molar-refractivity contribution in [3.8, 4) is 5.88 Å². The second kappa shape index (κ2) is 5.44. The van der Waals surface area contributed by atoms with Gasteiger partial charge in [0.25, 0.3) is 0 Å². The molecule has 0 unspecified atom stereocenters. The summed E-state index contributed by atoms with van der Waals surface area (Å²) in [6.45, 7) is 2.81. The average Bonchev–Trinajstić information content (AvgIpc) is 2.83. The third-order valence-corrected chi connectivity index (χ3v) is 3.63. The number of hydrogen-bond donors (Lipinski definition) is 1. The number of nitrogen functional groups attached to an aromatic ring is 1. The molecule has 108 valence electrons. The SMILES string of the molecule is CCc1ccccc1Cn1c(N)nc2ccc(OC)nc21. The van der Waals surface area contributed by atoms with E-state index in [-0.39, 0.29) is 0 Å². The van der Waals surface area contributed by atoms with Gasteiger partial charge in [-0.15, -0.1) is 0 Å². The normalized spacial score (nSPS) is 11.0. The number of hydrogen-bond acceptors (Lipinski definition) is 4. The molecule has 0 aliphatic rings. The number of anilines is 1. The van der Waals surface area contributed by atoms with E-state index in [1.807, 2.05) is 16.7 Å². The van der Waals surface area contributed by atoms with Gasteiger partial charge in [-0.05, 0) is 23.6 Å². The van der Waals surface area contributed by atoms with Crippen LogP contribution in [-0.4, -0.2) is 21.6 Å². The van der Waals surface area contributed by atoms with Crippen molar-refractivity contribution in [1.82, 2.24) is 14.5 Å². The van der Waals surface area contributed by atoms with Crippen LogP contribution in [0.4, 0.5) is 5.95 Å². The minimum atomic E-state index is 0.469. The zero-order valence-electron chi connectivity index (χ0n) is 12.2. The number of pyridine rings is 1. The number of benzene rings is 1. The van der Waals surface area contributed by atoms with Gasteiger partial charge in [-0.2, -0.15) is 4.98 Å². The molecule has 0 fully saturated rings. The number of aryl methyl sites for hydroxylation is 1. The van der Waals surface area contributed by atoms with Crippen molar-refractivity contribution in [2.75, 3.05) is 12.8 Å². The van der Waals surface area contributed by atoms with Gasteiger partial charge in [0, 0.05) is 6.07 Å². The molecule has 3 rings (SSSR count). The largest absolute Gasteiger partial charge is 0.481 e. The number of aromatic nitrogens is 3. The van der Waals surface area contributed by atoms with E-state index in [0.29, 0.717) is 18.4 Å². The second-order valence-electron chi connectivity index (χ2n) is 4.87. The van der Waals surface area contributed by atoms with E-state index >= 15 is 0 Å². The van der Waals surface area contributed by atoms with E-state index in [9.17, 15) is 0 Å². The van der Waals surface area contributed by atoms with Crippen LogP contribution in [0.25, 0.3) is 11.2 Å². The Kier molecular flexibility index (Phi) is 3.48. The lowest BCUT2D eigenvalue weighted by atomic mass is 10.1. The molecular formula is C16H18N4O. The van der Waals surface area contributed by atoms with Gasteiger partial charge in [0.1, 0.15) is 5.52 Å². The molecule has 2 N–H and O–H groups in total. The molecule has 1 aromatic carbocycles. The summed E-state index contributed by atoms with van der Waals surface area (Å²) in [5.74, 6) is 1.03. The Balaban J connectivity index is 2.09. The lowest BCUT2D eigenvalue weighted by Gasteiger charge is -2.10. The smallest absolute Gasteiger partial charge is 0.215 e. The van der Waals surface area contributed by atoms with Gasteiger partial charge < -0.3 is 10.5 Å². The molecule has 5 nitrogen and oxygen atoms in total. The summed E-state index contributed by atoms with van der Waals surface area (Å²) >= 11 is 0. The lowest BCUT2D eigenvalue weighted by Crippen LogP contribution is -2.07. The molecule has 0 amide bonds. The monoisotopic (exact) mass is 282 g/mol. The van der Waals surface area contributed by atoms with E-state index in [0.717, 1.165) is 17.6 Å². The second-order valence-corrected chi connectivity index (χ2v) is 4.87.